The van der Waals surface area contributed by atoms with Gasteiger partial charge >= 0.3 is 0 Å². The van der Waals surface area contributed by atoms with Crippen molar-refractivity contribution in [3.8, 4) is 5.69 Å². The summed E-state index contributed by atoms with van der Waals surface area (Å²) in [7, 11) is -3.77. The van der Waals surface area contributed by atoms with Gasteiger partial charge in [-0.3, -0.25) is 4.79 Å². The summed E-state index contributed by atoms with van der Waals surface area (Å²) in [6, 6.07) is 11.4. The SMILES string of the molecule is C[C@H](NC(=O)c1ccc(Cl)c(S(=O)(=O)NC2CC2)c1)c1ccc(-n2cncn2)cc1. The Balaban J connectivity index is 1.48. The fraction of sp³-hybridized carbons (Fsp3) is 0.250. The Bertz CT molecular complexity index is 1160. The van der Waals surface area contributed by atoms with Crippen molar-refractivity contribution in [1.29, 1.82) is 0 Å². The molecule has 156 valence electrons. The van der Waals surface area contributed by atoms with Gasteiger partial charge < -0.3 is 5.32 Å². The predicted octanol–water partition coefficient (Wildman–Crippen LogP) is 2.85. The van der Waals surface area contributed by atoms with Crippen molar-refractivity contribution in [3.63, 3.8) is 0 Å². The summed E-state index contributed by atoms with van der Waals surface area (Å²) in [5, 5.41) is 7.04. The minimum Gasteiger partial charge on any atom is -0.346 e. The second kappa shape index (κ2) is 8.17. The van der Waals surface area contributed by atoms with Crippen LogP contribution in [0.3, 0.4) is 0 Å². The lowest BCUT2D eigenvalue weighted by atomic mass is 10.1. The highest BCUT2D eigenvalue weighted by Crippen LogP contribution is 2.27. The number of hydrogen-bond donors (Lipinski definition) is 2. The van der Waals surface area contributed by atoms with E-state index in [1.807, 2.05) is 31.2 Å². The first-order valence-electron chi connectivity index (χ1n) is 9.41. The number of carbonyl (C=O) groups is 1. The first-order valence-corrected chi connectivity index (χ1v) is 11.3. The van der Waals surface area contributed by atoms with Crippen LogP contribution >= 0.6 is 11.6 Å². The quantitative estimate of drug-likeness (QED) is 0.581. The number of nitrogens with one attached hydrogen (secondary N) is 2. The van der Waals surface area contributed by atoms with Gasteiger partial charge in [0.05, 0.1) is 16.8 Å². The summed E-state index contributed by atoms with van der Waals surface area (Å²) < 4.78 is 29.2. The summed E-state index contributed by atoms with van der Waals surface area (Å²) in [6.07, 6.45) is 4.68. The largest absolute Gasteiger partial charge is 0.346 e. The fourth-order valence-electron chi connectivity index (χ4n) is 2.96. The molecule has 8 nitrogen and oxygen atoms in total. The van der Waals surface area contributed by atoms with Gasteiger partial charge in [0.15, 0.2) is 0 Å². The Hall–Kier alpha value is -2.75. The molecule has 2 aromatic carbocycles. The van der Waals surface area contributed by atoms with Crippen LogP contribution in [0.5, 0.6) is 0 Å². The molecule has 1 aromatic heterocycles. The molecule has 0 saturated heterocycles. The number of nitrogens with zero attached hydrogens (tertiary/aromatic N) is 3. The van der Waals surface area contributed by atoms with E-state index in [2.05, 4.69) is 20.1 Å². The normalized spacial score (nSPS) is 15.0. The first kappa shape index (κ1) is 20.5. The van der Waals surface area contributed by atoms with Crippen LogP contribution in [0.1, 0.15) is 41.7 Å². The number of halogens is 1. The van der Waals surface area contributed by atoms with Crippen LogP contribution < -0.4 is 10.0 Å². The maximum atomic E-state index is 12.7. The Kier molecular flexibility index (Phi) is 5.59. The van der Waals surface area contributed by atoms with E-state index in [0.717, 1.165) is 24.1 Å². The molecule has 1 heterocycles. The van der Waals surface area contributed by atoms with Gasteiger partial charge in [0, 0.05) is 11.6 Å². The first-order chi connectivity index (χ1) is 14.3. The van der Waals surface area contributed by atoms with E-state index in [-0.39, 0.29) is 33.5 Å². The van der Waals surface area contributed by atoms with Crippen LogP contribution in [0, 0.1) is 0 Å². The fourth-order valence-corrected chi connectivity index (χ4v) is 4.79. The van der Waals surface area contributed by atoms with Crippen LogP contribution in [0.2, 0.25) is 5.02 Å². The summed E-state index contributed by atoms with van der Waals surface area (Å²) in [6.45, 7) is 1.85. The molecule has 1 saturated carbocycles. The molecule has 0 aliphatic heterocycles. The van der Waals surface area contributed by atoms with Gasteiger partial charge in [0.25, 0.3) is 5.91 Å². The molecule has 3 aromatic rings. The molecule has 1 amide bonds. The second-order valence-corrected chi connectivity index (χ2v) is 9.26. The van der Waals surface area contributed by atoms with Crippen LogP contribution in [-0.2, 0) is 10.0 Å². The molecule has 10 heteroatoms. The molecule has 4 rings (SSSR count). The lowest BCUT2D eigenvalue weighted by Gasteiger charge is -2.16. The van der Waals surface area contributed by atoms with Gasteiger partial charge in [-0.1, -0.05) is 23.7 Å². The van der Waals surface area contributed by atoms with Gasteiger partial charge in [-0.05, 0) is 55.7 Å². The van der Waals surface area contributed by atoms with Crippen molar-refractivity contribution in [1.82, 2.24) is 24.8 Å². The van der Waals surface area contributed by atoms with Crippen molar-refractivity contribution >= 4 is 27.5 Å². The van der Waals surface area contributed by atoms with Crippen molar-refractivity contribution in [2.75, 3.05) is 0 Å². The van der Waals surface area contributed by atoms with Gasteiger partial charge in [-0.25, -0.2) is 22.8 Å². The van der Waals surface area contributed by atoms with Crippen molar-refractivity contribution in [2.24, 2.45) is 0 Å². The molecule has 1 atom stereocenters. The van der Waals surface area contributed by atoms with Crippen LogP contribution in [0.25, 0.3) is 5.69 Å². The van der Waals surface area contributed by atoms with Gasteiger partial charge in [-0.2, -0.15) is 5.10 Å². The minimum atomic E-state index is -3.77. The van der Waals surface area contributed by atoms with E-state index < -0.39 is 10.0 Å². The van der Waals surface area contributed by atoms with E-state index >= 15 is 0 Å². The summed E-state index contributed by atoms with van der Waals surface area (Å²) in [5.41, 5.74) is 1.97. The molecule has 1 fully saturated rings. The van der Waals surface area contributed by atoms with Crippen molar-refractivity contribution in [3.05, 3.63) is 71.3 Å². The highest BCUT2D eigenvalue weighted by atomic mass is 35.5. The third-order valence-electron chi connectivity index (χ3n) is 4.81. The van der Waals surface area contributed by atoms with E-state index in [4.69, 9.17) is 11.6 Å². The number of hydrogen-bond acceptors (Lipinski definition) is 5. The zero-order valence-corrected chi connectivity index (χ0v) is 17.7. The summed E-state index contributed by atoms with van der Waals surface area (Å²) >= 11 is 6.09. The van der Waals surface area contributed by atoms with E-state index in [9.17, 15) is 13.2 Å². The van der Waals surface area contributed by atoms with Gasteiger partial charge in [-0.15, -0.1) is 0 Å². The predicted molar refractivity (Wildman–Crippen MR) is 112 cm³/mol. The highest BCUT2D eigenvalue weighted by Gasteiger charge is 2.29. The van der Waals surface area contributed by atoms with E-state index in [0.29, 0.717) is 0 Å². The molecular formula is C20H20ClN5O3S. The summed E-state index contributed by atoms with van der Waals surface area (Å²) in [5.74, 6) is -0.387. The third kappa shape index (κ3) is 4.53. The van der Waals surface area contributed by atoms with Crippen molar-refractivity contribution in [2.45, 2.75) is 36.7 Å². The number of sulfonamides is 1. The lowest BCUT2D eigenvalue weighted by molar-refractivity contribution is 0.0939. The number of amides is 1. The number of benzene rings is 2. The Morgan fingerprint density at radius 2 is 1.93 bits per heavy atom. The Morgan fingerprint density at radius 3 is 2.57 bits per heavy atom. The number of carbonyl (C=O) groups excluding carboxylic acids is 1. The van der Waals surface area contributed by atoms with Gasteiger partial charge in [0.1, 0.15) is 17.6 Å². The monoisotopic (exact) mass is 445 g/mol. The van der Waals surface area contributed by atoms with Crippen LogP contribution in [0.15, 0.2) is 60.0 Å². The zero-order valence-electron chi connectivity index (χ0n) is 16.1. The zero-order chi connectivity index (χ0) is 21.3. The van der Waals surface area contributed by atoms with Gasteiger partial charge in [0.2, 0.25) is 10.0 Å². The molecule has 0 unspecified atom stereocenters. The van der Waals surface area contributed by atoms with Crippen LogP contribution in [0.4, 0.5) is 0 Å². The molecule has 1 aliphatic rings. The molecule has 0 radical (unpaired) electrons. The molecule has 0 spiro atoms. The smallest absolute Gasteiger partial charge is 0.251 e. The topological polar surface area (TPSA) is 106 Å². The average molecular weight is 446 g/mol. The maximum absolute atomic E-state index is 12.7. The molecule has 0 bridgehead atoms. The number of aromatic nitrogens is 3. The standard InChI is InChI=1S/C20H20ClN5O3S/c1-13(14-2-7-17(8-3-14)26-12-22-11-23-26)24-20(27)15-4-9-18(21)19(10-15)30(28,29)25-16-5-6-16/h2-4,7-13,16,25H,5-6H2,1H3,(H,24,27)/t13-/m0/s1. The van der Waals surface area contributed by atoms with E-state index in [1.54, 1.807) is 11.0 Å². The second-order valence-electron chi connectivity index (χ2n) is 7.17. The Morgan fingerprint density at radius 1 is 1.20 bits per heavy atom. The van der Waals surface area contributed by atoms with Crippen molar-refractivity contribution < 1.29 is 13.2 Å². The average Bonchev–Trinajstić information content (AvgIpc) is 3.35. The molecule has 1 aliphatic carbocycles. The van der Waals surface area contributed by atoms with E-state index in [1.165, 1.54) is 24.5 Å². The lowest BCUT2D eigenvalue weighted by Crippen LogP contribution is -2.28. The third-order valence-corrected chi connectivity index (χ3v) is 6.81. The highest BCUT2D eigenvalue weighted by molar-refractivity contribution is 7.89. The summed E-state index contributed by atoms with van der Waals surface area (Å²) in [4.78, 5) is 16.5. The Labute approximate surface area is 179 Å². The molecular weight excluding hydrogens is 426 g/mol. The molecule has 30 heavy (non-hydrogen) atoms. The maximum Gasteiger partial charge on any atom is 0.251 e. The minimum absolute atomic E-state index is 0.0518. The van der Waals surface area contributed by atoms with Crippen LogP contribution in [-0.4, -0.2) is 35.1 Å². The molecule has 2 N–H and O–H groups in total. The number of rotatable bonds is 7.